The molecule has 1 fully saturated rings. The van der Waals surface area contributed by atoms with Gasteiger partial charge in [-0.05, 0) is 50.9 Å². The summed E-state index contributed by atoms with van der Waals surface area (Å²) in [6.45, 7) is 8.14. The van der Waals surface area contributed by atoms with Crippen LogP contribution < -0.4 is 5.32 Å². The van der Waals surface area contributed by atoms with Crippen molar-refractivity contribution in [3.8, 4) is 0 Å². The van der Waals surface area contributed by atoms with Gasteiger partial charge in [0.25, 0.3) is 0 Å². The molecular weight excluding hydrogens is 368 g/mol. The van der Waals surface area contributed by atoms with Gasteiger partial charge < -0.3 is 15.2 Å². The zero-order valence-electron chi connectivity index (χ0n) is 15.5. The molecule has 0 spiro atoms. The Morgan fingerprint density at radius 2 is 2.12 bits per heavy atom. The van der Waals surface area contributed by atoms with E-state index in [4.69, 9.17) is 0 Å². The van der Waals surface area contributed by atoms with Gasteiger partial charge in [-0.25, -0.2) is 4.98 Å². The summed E-state index contributed by atoms with van der Waals surface area (Å²) in [6.07, 6.45) is 2.23. The van der Waals surface area contributed by atoms with Crippen LogP contribution in [0.15, 0.2) is 24.3 Å². The van der Waals surface area contributed by atoms with Crippen LogP contribution >= 0.6 is 24.2 Å². The maximum atomic E-state index is 12.5. The number of amides is 1. The molecule has 1 aliphatic rings. The summed E-state index contributed by atoms with van der Waals surface area (Å²) in [5, 5.41) is 3.60. The van der Waals surface area contributed by atoms with Crippen molar-refractivity contribution in [3.05, 3.63) is 30.1 Å². The first-order valence-corrected chi connectivity index (χ1v) is 10.3. The quantitative estimate of drug-likeness (QED) is 0.750. The molecular formula is C19H29ClN4OS. The molecule has 0 saturated carbocycles. The van der Waals surface area contributed by atoms with E-state index in [1.165, 1.54) is 0 Å². The van der Waals surface area contributed by atoms with Gasteiger partial charge in [0.1, 0.15) is 5.82 Å². The summed E-state index contributed by atoms with van der Waals surface area (Å²) in [5.41, 5.74) is 2.04. The van der Waals surface area contributed by atoms with Crippen LogP contribution in [0.1, 0.15) is 37.8 Å². The minimum atomic E-state index is 0. The normalized spacial score (nSPS) is 16.5. The molecule has 26 heavy (non-hydrogen) atoms. The predicted molar refractivity (Wildman–Crippen MR) is 112 cm³/mol. The van der Waals surface area contributed by atoms with Crippen molar-refractivity contribution < 1.29 is 4.79 Å². The number of rotatable bonds is 7. The predicted octanol–water partition coefficient (Wildman–Crippen LogP) is 3.63. The molecule has 3 rings (SSSR count). The van der Waals surface area contributed by atoms with E-state index in [1.54, 1.807) is 11.8 Å². The number of thioether (sulfide) groups is 1. The Bertz CT molecular complexity index is 667. The molecule has 1 saturated heterocycles. The Hall–Kier alpha value is -1.24. The number of benzene rings is 1. The molecule has 2 N–H and O–H groups in total. The fraction of sp³-hybridized carbons (Fsp3) is 0.579. The van der Waals surface area contributed by atoms with Crippen LogP contribution in [-0.2, 0) is 4.79 Å². The summed E-state index contributed by atoms with van der Waals surface area (Å²) in [6, 6.07) is 8.04. The molecule has 5 nitrogen and oxygen atoms in total. The van der Waals surface area contributed by atoms with E-state index >= 15 is 0 Å². The number of hydrogen-bond donors (Lipinski definition) is 2. The average Bonchev–Trinajstić information content (AvgIpc) is 3.09. The number of nitrogens with one attached hydrogen (secondary N) is 2. The number of para-hydroxylation sites is 2. The van der Waals surface area contributed by atoms with E-state index in [0.29, 0.717) is 11.7 Å². The Balaban J connectivity index is 0.00000243. The van der Waals surface area contributed by atoms with Gasteiger partial charge in [-0.3, -0.25) is 4.79 Å². The number of piperidine rings is 1. The summed E-state index contributed by atoms with van der Waals surface area (Å²) in [7, 11) is 0. The highest BCUT2D eigenvalue weighted by atomic mass is 35.5. The molecule has 0 aliphatic carbocycles. The van der Waals surface area contributed by atoms with Crippen LogP contribution in [0.5, 0.6) is 0 Å². The van der Waals surface area contributed by atoms with E-state index in [-0.39, 0.29) is 23.6 Å². The number of fused-ring (bicyclic) bond motifs is 1. The van der Waals surface area contributed by atoms with Crippen molar-refractivity contribution in [1.29, 1.82) is 0 Å². The topological polar surface area (TPSA) is 61.0 Å². The Labute approximate surface area is 166 Å². The standard InChI is InChI=1S/C19H28N4OS.ClH/c1-3-20-12-15-8-10-23(11-9-15)18(24)13-25-14(2)19-21-16-6-4-5-7-17(16)22-19;/h4-7,14-15,20H,3,8-13H2,1-2H3,(H,21,22);1H. The smallest absolute Gasteiger partial charge is 0.232 e. The van der Waals surface area contributed by atoms with Gasteiger partial charge in [-0.15, -0.1) is 24.2 Å². The molecule has 1 aromatic carbocycles. The number of hydrogen-bond acceptors (Lipinski definition) is 4. The number of carbonyl (C=O) groups excluding carboxylic acids is 1. The lowest BCUT2D eigenvalue weighted by molar-refractivity contribution is -0.129. The van der Waals surface area contributed by atoms with Crippen molar-refractivity contribution in [2.75, 3.05) is 31.9 Å². The number of halogens is 1. The maximum absolute atomic E-state index is 12.5. The lowest BCUT2D eigenvalue weighted by Gasteiger charge is -2.32. The van der Waals surface area contributed by atoms with E-state index < -0.39 is 0 Å². The van der Waals surface area contributed by atoms with Crippen molar-refractivity contribution in [2.24, 2.45) is 5.92 Å². The van der Waals surface area contributed by atoms with Crippen LogP contribution in [-0.4, -0.2) is 52.7 Å². The SMILES string of the molecule is CCNCC1CCN(C(=O)CSC(C)c2nc3ccccc3[nH]2)CC1.Cl. The maximum Gasteiger partial charge on any atom is 0.232 e. The molecule has 7 heteroatoms. The van der Waals surface area contributed by atoms with Crippen LogP contribution in [0.2, 0.25) is 0 Å². The van der Waals surface area contributed by atoms with Gasteiger partial charge >= 0.3 is 0 Å². The number of aromatic amines is 1. The first-order chi connectivity index (χ1) is 12.2. The molecule has 1 unspecified atom stereocenters. The van der Waals surface area contributed by atoms with Gasteiger partial charge in [0.15, 0.2) is 0 Å². The summed E-state index contributed by atoms with van der Waals surface area (Å²) >= 11 is 1.66. The fourth-order valence-corrected chi connectivity index (χ4v) is 4.11. The van der Waals surface area contributed by atoms with Crippen molar-refractivity contribution in [3.63, 3.8) is 0 Å². The minimum Gasteiger partial charge on any atom is -0.342 e. The van der Waals surface area contributed by atoms with Gasteiger partial charge in [-0.2, -0.15) is 0 Å². The van der Waals surface area contributed by atoms with Crippen LogP contribution in [0, 0.1) is 5.92 Å². The highest BCUT2D eigenvalue weighted by Gasteiger charge is 2.23. The molecule has 0 radical (unpaired) electrons. The van der Waals surface area contributed by atoms with Gasteiger partial charge in [0.2, 0.25) is 5.91 Å². The molecule has 0 bridgehead atoms. The molecule has 1 aliphatic heterocycles. The number of likely N-dealkylation sites (tertiary alicyclic amines) is 1. The largest absolute Gasteiger partial charge is 0.342 e. The van der Waals surface area contributed by atoms with Crippen molar-refractivity contribution in [1.82, 2.24) is 20.2 Å². The average molecular weight is 397 g/mol. The molecule has 144 valence electrons. The van der Waals surface area contributed by atoms with Gasteiger partial charge in [0.05, 0.1) is 22.0 Å². The Morgan fingerprint density at radius 1 is 1.38 bits per heavy atom. The summed E-state index contributed by atoms with van der Waals surface area (Å²) in [5.74, 6) is 2.44. The van der Waals surface area contributed by atoms with Gasteiger partial charge in [0, 0.05) is 13.1 Å². The highest BCUT2D eigenvalue weighted by molar-refractivity contribution is 8.00. The first kappa shape index (κ1) is 21.1. The fourth-order valence-electron chi connectivity index (χ4n) is 3.27. The van der Waals surface area contributed by atoms with Crippen molar-refractivity contribution in [2.45, 2.75) is 31.9 Å². The third-order valence-electron chi connectivity index (χ3n) is 4.90. The summed E-state index contributed by atoms with van der Waals surface area (Å²) < 4.78 is 0. The third kappa shape index (κ3) is 5.38. The van der Waals surface area contributed by atoms with Crippen molar-refractivity contribution >= 4 is 41.1 Å². The summed E-state index contributed by atoms with van der Waals surface area (Å²) in [4.78, 5) is 22.5. The second kappa shape index (κ2) is 10.2. The first-order valence-electron chi connectivity index (χ1n) is 9.22. The number of nitrogens with zero attached hydrogens (tertiary/aromatic N) is 2. The lowest BCUT2D eigenvalue weighted by atomic mass is 9.97. The second-order valence-electron chi connectivity index (χ2n) is 6.72. The monoisotopic (exact) mass is 396 g/mol. The second-order valence-corrected chi connectivity index (χ2v) is 8.05. The Kier molecular flexibility index (Phi) is 8.25. The number of H-pyrrole nitrogens is 1. The van der Waals surface area contributed by atoms with E-state index in [1.807, 2.05) is 29.2 Å². The zero-order valence-corrected chi connectivity index (χ0v) is 17.2. The van der Waals surface area contributed by atoms with E-state index in [0.717, 1.165) is 55.9 Å². The van der Waals surface area contributed by atoms with Gasteiger partial charge in [-0.1, -0.05) is 19.1 Å². The minimum absolute atomic E-state index is 0. The molecule has 1 atom stereocenters. The lowest BCUT2D eigenvalue weighted by Crippen LogP contribution is -2.41. The molecule has 2 heterocycles. The van der Waals surface area contributed by atoms with E-state index in [2.05, 4.69) is 29.1 Å². The van der Waals surface area contributed by atoms with Crippen LogP contribution in [0.3, 0.4) is 0 Å². The van der Waals surface area contributed by atoms with E-state index in [9.17, 15) is 4.79 Å². The highest BCUT2D eigenvalue weighted by Crippen LogP contribution is 2.28. The molecule has 2 aromatic rings. The number of carbonyl (C=O) groups is 1. The van der Waals surface area contributed by atoms with Crippen LogP contribution in [0.25, 0.3) is 11.0 Å². The number of aromatic nitrogens is 2. The van der Waals surface area contributed by atoms with Crippen LogP contribution in [0.4, 0.5) is 0 Å². The molecule has 1 amide bonds. The molecule has 1 aromatic heterocycles. The number of imidazole rings is 1. The zero-order chi connectivity index (χ0) is 17.6. The Morgan fingerprint density at radius 3 is 2.81 bits per heavy atom. The third-order valence-corrected chi connectivity index (χ3v) is 6.04.